The largest absolute Gasteiger partial charge is 0.450 e. The van der Waals surface area contributed by atoms with Crippen molar-refractivity contribution in [3.63, 3.8) is 0 Å². The predicted molar refractivity (Wildman–Crippen MR) is 77.8 cm³/mol. The number of nitrogens with one attached hydrogen (secondary N) is 2. The van der Waals surface area contributed by atoms with Crippen molar-refractivity contribution in [1.82, 2.24) is 10.6 Å². The van der Waals surface area contributed by atoms with Gasteiger partial charge in [0.1, 0.15) is 0 Å². The van der Waals surface area contributed by atoms with Crippen LogP contribution in [0.2, 0.25) is 0 Å². The zero-order valence-corrected chi connectivity index (χ0v) is 12.1. The maximum absolute atomic E-state index is 11.8. The van der Waals surface area contributed by atoms with Crippen LogP contribution in [0.25, 0.3) is 0 Å². The first kappa shape index (κ1) is 16.0. The van der Waals surface area contributed by atoms with Gasteiger partial charge in [0.15, 0.2) is 0 Å². The lowest BCUT2D eigenvalue weighted by Crippen LogP contribution is -2.35. The molecule has 0 aromatic heterocycles. The Morgan fingerprint density at radius 2 is 1.95 bits per heavy atom. The molecule has 2 N–H and O–H groups in total. The van der Waals surface area contributed by atoms with Crippen molar-refractivity contribution in [2.75, 3.05) is 19.7 Å². The van der Waals surface area contributed by atoms with Gasteiger partial charge in [0, 0.05) is 18.7 Å². The average Bonchev–Trinajstić information content (AvgIpc) is 2.43. The molecule has 110 valence electrons. The Morgan fingerprint density at radius 3 is 2.65 bits per heavy atom. The van der Waals surface area contributed by atoms with E-state index in [2.05, 4.69) is 10.6 Å². The number of carbonyl (C=O) groups is 2. The number of alkyl carbamates (subject to hydrolysis) is 1. The number of amides is 2. The predicted octanol–water partition coefficient (Wildman–Crippen LogP) is 2.25. The maximum atomic E-state index is 11.8. The zero-order chi connectivity index (χ0) is 14.8. The summed E-state index contributed by atoms with van der Waals surface area (Å²) in [6.45, 7) is 5.11. The van der Waals surface area contributed by atoms with Crippen molar-refractivity contribution in [1.29, 1.82) is 0 Å². The molecular weight excluding hydrogens is 256 g/mol. The van der Waals surface area contributed by atoms with Gasteiger partial charge in [-0.25, -0.2) is 4.79 Å². The topological polar surface area (TPSA) is 67.4 Å². The summed E-state index contributed by atoms with van der Waals surface area (Å²) >= 11 is 0. The summed E-state index contributed by atoms with van der Waals surface area (Å²) in [6, 6.07) is 7.36. The van der Waals surface area contributed by atoms with E-state index in [0.717, 1.165) is 18.4 Å². The van der Waals surface area contributed by atoms with Crippen LogP contribution in [0.3, 0.4) is 0 Å². The number of benzene rings is 1. The van der Waals surface area contributed by atoms with E-state index in [0.29, 0.717) is 25.3 Å². The third-order valence-electron chi connectivity index (χ3n) is 2.69. The van der Waals surface area contributed by atoms with Crippen LogP contribution < -0.4 is 10.6 Å². The number of carbonyl (C=O) groups excluding carboxylic acids is 2. The van der Waals surface area contributed by atoms with Crippen molar-refractivity contribution in [3.8, 4) is 0 Å². The molecule has 1 rings (SSSR count). The first-order valence-electron chi connectivity index (χ1n) is 6.89. The Kier molecular flexibility index (Phi) is 7.17. The zero-order valence-electron chi connectivity index (χ0n) is 12.1. The number of unbranched alkanes of at least 4 members (excludes halogenated alkanes) is 1. The minimum atomic E-state index is -0.441. The van der Waals surface area contributed by atoms with Crippen LogP contribution in [0.1, 0.15) is 35.7 Å². The molecule has 0 aliphatic rings. The maximum Gasteiger partial charge on any atom is 0.407 e. The normalized spacial score (nSPS) is 9.90. The molecule has 0 bridgehead atoms. The molecule has 1 aromatic carbocycles. The van der Waals surface area contributed by atoms with E-state index in [1.807, 2.05) is 32.0 Å². The smallest absolute Gasteiger partial charge is 0.407 e. The molecule has 0 atom stereocenters. The van der Waals surface area contributed by atoms with Crippen molar-refractivity contribution in [2.45, 2.75) is 26.7 Å². The van der Waals surface area contributed by atoms with Crippen LogP contribution >= 0.6 is 0 Å². The molecule has 5 heteroatoms. The van der Waals surface area contributed by atoms with Gasteiger partial charge in [-0.3, -0.25) is 4.79 Å². The van der Waals surface area contributed by atoms with Gasteiger partial charge in [0.05, 0.1) is 6.61 Å². The van der Waals surface area contributed by atoms with Crippen LogP contribution in [-0.2, 0) is 4.74 Å². The van der Waals surface area contributed by atoms with Crippen molar-refractivity contribution in [3.05, 3.63) is 35.4 Å². The fourth-order valence-corrected chi connectivity index (χ4v) is 1.59. The first-order valence-corrected chi connectivity index (χ1v) is 6.89. The van der Waals surface area contributed by atoms with Gasteiger partial charge in [0.2, 0.25) is 0 Å². The second-order valence-electron chi connectivity index (χ2n) is 4.54. The highest BCUT2D eigenvalue weighted by atomic mass is 16.5. The minimum Gasteiger partial charge on any atom is -0.450 e. The lowest BCUT2D eigenvalue weighted by molar-refractivity contribution is 0.0952. The van der Waals surface area contributed by atoms with E-state index < -0.39 is 6.09 Å². The highest BCUT2D eigenvalue weighted by Crippen LogP contribution is 2.03. The SMILES string of the molecule is CCCCOC(=O)NCCNC(=O)c1cccc(C)c1. The van der Waals surface area contributed by atoms with Gasteiger partial charge < -0.3 is 15.4 Å². The Bertz CT molecular complexity index is 446. The van der Waals surface area contributed by atoms with Gasteiger partial charge in [0.25, 0.3) is 5.91 Å². The third kappa shape index (κ3) is 6.22. The Hall–Kier alpha value is -2.04. The molecule has 0 aliphatic carbocycles. The summed E-state index contributed by atoms with van der Waals surface area (Å²) in [5.74, 6) is -0.144. The number of rotatable bonds is 7. The van der Waals surface area contributed by atoms with Crippen molar-refractivity contribution >= 4 is 12.0 Å². The molecule has 0 saturated heterocycles. The number of hydrogen-bond acceptors (Lipinski definition) is 3. The van der Waals surface area contributed by atoms with Crippen LogP contribution in [0, 0.1) is 6.92 Å². The molecule has 0 unspecified atom stereocenters. The standard InChI is InChI=1S/C15H22N2O3/c1-3-4-10-20-15(19)17-9-8-16-14(18)13-7-5-6-12(2)11-13/h5-7,11H,3-4,8-10H2,1-2H3,(H,16,18)(H,17,19). The fraction of sp³-hybridized carbons (Fsp3) is 0.467. The van der Waals surface area contributed by atoms with Gasteiger partial charge in [-0.2, -0.15) is 0 Å². The molecule has 0 radical (unpaired) electrons. The first-order chi connectivity index (χ1) is 9.63. The molecule has 0 fully saturated rings. The van der Waals surface area contributed by atoms with Crippen LogP contribution in [0.5, 0.6) is 0 Å². The van der Waals surface area contributed by atoms with Gasteiger partial charge in [-0.1, -0.05) is 31.0 Å². The van der Waals surface area contributed by atoms with Crippen molar-refractivity contribution in [2.24, 2.45) is 0 Å². The molecule has 0 aliphatic heterocycles. The van der Waals surface area contributed by atoms with Crippen LogP contribution in [0.4, 0.5) is 4.79 Å². The second kappa shape index (κ2) is 8.96. The fourth-order valence-electron chi connectivity index (χ4n) is 1.59. The van der Waals surface area contributed by atoms with E-state index in [9.17, 15) is 9.59 Å². The molecule has 0 heterocycles. The Labute approximate surface area is 119 Å². The lowest BCUT2D eigenvalue weighted by Gasteiger charge is -2.08. The second-order valence-corrected chi connectivity index (χ2v) is 4.54. The third-order valence-corrected chi connectivity index (χ3v) is 2.69. The van der Waals surface area contributed by atoms with E-state index >= 15 is 0 Å². The van der Waals surface area contributed by atoms with Gasteiger partial charge in [-0.15, -0.1) is 0 Å². The summed E-state index contributed by atoms with van der Waals surface area (Å²) in [7, 11) is 0. The molecule has 0 spiro atoms. The average molecular weight is 278 g/mol. The number of ether oxygens (including phenoxy) is 1. The minimum absolute atomic E-state index is 0.144. The molecule has 5 nitrogen and oxygen atoms in total. The Morgan fingerprint density at radius 1 is 1.20 bits per heavy atom. The summed E-state index contributed by atoms with van der Waals surface area (Å²) < 4.78 is 4.93. The van der Waals surface area contributed by atoms with E-state index in [4.69, 9.17) is 4.74 Å². The van der Waals surface area contributed by atoms with E-state index in [-0.39, 0.29) is 5.91 Å². The van der Waals surface area contributed by atoms with Gasteiger partial charge in [-0.05, 0) is 25.5 Å². The quantitative estimate of drug-likeness (QED) is 0.752. The monoisotopic (exact) mass is 278 g/mol. The number of hydrogen-bond donors (Lipinski definition) is 2. The summed E-state index contributed by atoms with van der Waals surface area (Å²) in [5, 5.41) is 5.32. The van der Waals surface area contributed by atoms with Crippen LogP contribution in [0.15, 0.2) is 24.3 Å². The van der Waals surface area contributed by atoms with E-state index in [1.165, 1.54) is 0 Å². The van der Waals surface area contributed by atoms with Crippen molar-refractivity contribution < 1.29 is 14.3 Å². The highest BCUT2D eigenvalue weighted by molar-refractivity contribution is 5.94. The summed E-state index contributed by atoms with van der Waals surface area (Å²) in [5.41, 5.74) is 1.66. The number of aryl methyl sites for hydroxylation is 1. The summed E-state index contributed by atoms with van der Waals surface area (Å²) in [6.07, 6.45) is 1.40. The van der Waals surface area contributed by atoms with Crippen LogP contribution in [-0.4, -0.2) is 31.7 Å². The molecule has 0 saturated carbocycles. The Balaban J connectivity index is 2.18. The van der Waals surface area contributed by atoms with Gasteiger partial charge >= 0.3 is 6.09 Å². The van der Waals surface area contributed by atoms with E-state index in [1.54, 1.807) is 6.07 Å². The molecule has 20 heavy (non-hydrogen) atoms. The molecule has 1 aromatic rings. The lowest BCUT2D eigenvalue weighted by atomic mass is 10.1. The highest BCUT2D eigenvalue weighted by Gasteiger charge is 2.05. The summed E-state index contributed by atoms with van der Waals surface area (Å²) in [4.78, 5) is 23.0. The molecular formula is C15H22N2O3. The molecule has 2 amide bonds.